The van der Waals surface area contributed by atoms with E-state index in [1.165, 1.54) is 60.9 Å². The van der Waals surface area contributed by atoms with Gasteiger partial charge in [0.15, 0.2) is 0 Å². The lowest BCUT2D eigenvalue weighted by Crippen LogP contribution is -1.94. The molecule has 0 aliphatic rings. The molecular formula is C32H25N. The molecule has 0 spiro atoms. The first-order chi connectivity index (χ1) is 16.2. The highest BCUT2D eigenvalue weighted by Crippen LogP contribution is 2.39. The maximum atomic E-state index is 2.39. The Morgan fingerprint density at radius 3 is 2.00 bits per heavy atom. The standard InChI is InChI=1S/C32H25N/c1-22-11-6-7-15-26(22)32-23(2)12-10-17-27(32)24-19-20-29-28-16-8-9-18-30(28)33(31(29)21-24)25-13-4-3-5-14-25/h3-21H,1-2H3. The van der Waals surface area contributed by atoms with Gasteiger partial charge in [-0.05, 0) is 71.5 Å². The molecule has 33 heavy (non-hydrogen) atoms. The SMILES string of the molecule is Cc1ccccc1-c1c(C)cccc1-c1ccc2c3ccccc3n(-c3ccccc3)c2c1. The van der Waals surface area contributed by atoms with Gasteiger partial charge in [-0.2, -0.15) is 0 Å². The van der Waals surface area contributed by atoms with Gasteiger partial charge in [0.05, 0.1) is 11.0 Å². The predicted octanol–water partition coefficient (Wildman–Crippen LogP) is 8.73. The van der Waals surface area contributed by atoms with Crippen molar-refractivity contribution in [1.29, 1.82) is 0 Å². The molecule has 0 saturated heterocycles. The summed E-state index contributed by atoms with van der Waals surface area (Å²) >= 11 is 0. The van der Waals surface area contributed by atoms with E-state index in [4.69, 9.17) is 0 Å². The topological polar surface area (TPSA) is 4.93 Å². The number of hydrogen-bond donors (Lipinski definition) is 0. The highest BCUT2D eigenvalue weighted by Gasteiger charge is 2.16. The number of benzene rings is 5. The Morgan fingerprint density at radius 1 is 0.485 bits per heavy atom. The molecule has 0 amide bonds. The third kappa shape index (κ3) is 3.16. The lowest BCUT2D eigenvalue weighted by molar-refractivity contribution is 1.18. The van der Waals surface area contributed by atoms with E-state index in [1.807, 2.05) is 0 Å². The third-order valence-electron chi connectivity index (χ3n) is 6.69. The Morgan fingerprint density at radius 2 is 1.15 bits per heavy atom. The molecule has 0 saturated carbocycles. The molecule has 1 heteroatoms. The fraction of sp³-hybridized carbons (Fsp3) is 0.0625. The number of aromatic nitrogens is 1. The molecule has 0 unspecified atom stereocenters. The van der Waals surface area contributed by atoms with Gasteiger partial charge in [0, 0.05) is 16.5 Å². The summed E-state index contributed by atoms with van der Waals surface area (Å²) in [6.07, 6.45) is 0. The van der Waals surface area contributed by atoms with Crippen LogP contribution in [-0.4, -0.2) is 4.57 Å². The maximum Gasteiger partial charge on any atom is 0.0547 e. The van der Waals surface area contributed by atoms with E-state index in [0.717, 1.165) is 0 Å². The van der Waals surface area contributed by atoms with Crippen molar-refractivity contribution in [3.8, 4) is 27.9 Å². The highest BCUT2D eigenvalue weighted by molar-refractivity contribution is 6.10. The summed E-state index contributed by atoms with van der Waals surface area (Å²) in [4.78, 5) is 0. The van der Waals surface area contributed by atoms with Crippen molar-refractivity contribution in [2.45, 2.75) is 13.8 Å². The van der Waals surface area contributed by atoms with E-state index in [1.54, 1.807) is 0 Å². The van der Waals surface area contributed by atoms with Crippen molar-refractivity contribution < 1.29 is 0 Å². The van der Waals surface area contributed by atoms with Gasteiger partial charge in [-0.15, -0.1) is 0 Å². The van der Waals surface area contributed by atoms with Crippen LogP contribution in [0.2, 0.25) is 0 Å². The summed E-state index contributed by atoms with van der Waals surface area (Å²) in [6.45, 7) is 4.41. The van der Waals surface area contributed by atoms with Crippen molar-refractivity contribution in [1.82, 2.24) is 4.57 Å². The molecule has 1 aromatic heterocycles. The quantitative estimate of drug-likeness (QED) is 0.268. The van der Waals surface area contributed by atoms with E-state index in [-0.39, 0.29) is 0 Å². The summed E-state index contributed by atoms with van der Waals surface area (Å²) in [5.74, 6) is 0. The molecular weight excluding hydrogens is 398 g/mol. The van der Waals surface area contributed by atoms with Crippen LogP contribution in [0.25, 0.3) is 49.7 Å². The lowest BCUT2D eigenvalue weighted by atomic mass is 9.89. The lowest BCUT2D eigenvalue weighted by Gasteiger charge is -2.16. The van der Waals surface area contributed by atoms with Crippen molar-refractivity contribution in [3.05, 3.63) is 126 Å². The van der Waals surface area contributed by atoms with E-state index in [0.29, 0.717) is 0 Å². The number of hydrogen-bond acceptors (Lipinski definition) is 0. The summed E-state index contributed by atoms with van der Waals surface area (Å²) < 4.78 is 2.39. The molecule has 1 heterocycles. The van der Waals surface area contributed by atoms with Crippen LogP contribution in [0.4, 0.5) is 0 Å². The first-order valence-electron chi connectivity index (χ1n) is 11.5. The molecule has 0 aliphatic carbocycles. The normalized spacial score (nSPS) is 11.3. The predicted molar refractivity (Wildman–Crippen MR) is 141 cm³/mol. The van der Waals surface area contributed by atoms with Gasteiger partial charge >= 0.3 is 0 Å². The average Bonchev–Trinajstić information content (AvgIpc) is 3.19. The molecule has 0 N–H and O–H groups in total. The van der Waals surface area contributed by atoms with E-state index >= 15 is 0 Å². The Bertz CT molecular complexity index is 1620. The first-order valence-corrected chi connectivity index (χ1v) is 11.5. The minimum Gasteiger partial charge on any atom is -0.309 e. The molecule has 0 bridgehead atoms. The number of aryl methyl sites for hydroxylation is 2. The zero-order chi connectivity index (χ0) is 22.4. The van der Waals surface area contributed by atoms with Crippen LogP contribution < -0.4 is 0 Å². The van der Waals surface area contributed by atoms with Crippen LogP contribution in [-0.2, 0) is 0 Å². The monoisotopic (exact) mass is 423 g/mol. The van der Waals surface area contributed by atoms with Gasteiger partial charge < -0.3 is 4.57 Å². The minimum absolute atomic E-state index is 1.18. The van der Waals surface area contributed by atoms with Gasteiger partial charge in [0.25, 0.3) is 0 Å². The van der Waals surface area contributed by atoms with Crippen molar-refractivity contribution in [3.63, 3.8) is 0 Å². The first kappa shape index (κ1) is 19.6. The molecule has 0 atom stereocenters. The van der Waals surface area contributed by atoms with Crippen LogP contribution in [0.1, 0.15) is 11.1 Å². The Kier molecular flexibility index (Phi) is 4.62. The highest BCUT2D eigenvalue weighted by atomic mass is 15.0. The van der Waals surface area contributed by atoms with Crippen LogP contribution in [0.3, 0.4) is 0 Å². The van der Waals surface area contributed by atoms with E-state index in [9.17, 15) is 0 Å². The smallest absolute Gasteiger partial charge is 0.0547 e. The maximum absolute atomic E-state index is 2.39. The van der Waals surface area contributed by atoms with Crippen molar-refractivity contribution in [2.24, 2.45) is 0 Å². The van der Waals surface area contributed by atoms with Gasteiger partial charge in [-0.3, -0.25) is 0 Å². The second kappa shape index (κ2) is 7.79. The summed E-state index contributed by atoms with van der Waals surface area (Å²) in [7, 11) is 0. The average molecular weight is 424 g/mol. The zero-order valence-electron chi connectivity index (χ0n) is 18.9. The summed E-state index contributed by atoms with van der Waals surface area (Å²) in [5.41, 5.74) is 11.4. The van der Waals surface area contributed by atoms with E-state index in [2.05, 4.69) is 134 Å². The molecule has 1 nitrogen and oxygen atoms in total. The van der Waals surface area contributed by atoms with Crippen LogP contribution >= 0.6 is 0 Å². The second-order valence-corrected chi connectivity index (χ2v) is 8.73. The number of rotatable bonds is 3. The molecule has 5 aromatic carbocycles. The molecule has 0 fully saturated rings. The molecule has 158 valence electrons. The van der Waals surface area contributed by atoms with Crippen LogP contribution in [0, 0.1) is 13.8 Å². The number of nitrogens with zero attached hydrogens (tertiary/aromatic N) is 1. The fourth-order valence-corrected chi connectivity index (χ4v) is 5.11. The van der Waals surface area contributed by atoms with Crippen LogP contribution in [0.15, 0.2) is 115 Å². The van der Waals surface area contributed by atoms with E-state index < -0.39 is 0 Å². The number of para-hydroxylation sites is 2. The van der Waals surface area contributed by atoms with Gasteiger partial charge in [0.2, 0.25) is 0 Å². The Hall–Kier alpha value is -4.10. The van der Waals surface area contributed by atoms with Gasteiger partial charge in [-0.25, -0.2) is 0 Å². The Balaban J connectivity index is 1.67. The fourth-order valence-electron chi connectivity index (χ4n) is 5.11. The molecule has 6 rings (SSSR count). The summed E-state index contributed by atoms with van der Waals surface area (Å²) in [5, 5.41) is 2.56. The zero-order valence-corrected chi connectivity index (χ0v) is 18.9. The van der Waals surface area contributed by atoms with Crippen molar-refractivity contribution >= 4 is 21.8 Å². The van der Waals surface area contributed by atoms with Crippen LogP contribution in [0.5, 0.6) is 0 Å². The largest absolute Gasteiger partial charge is 0.309 e. The van der Waals surface area contributed by atoms with Gasteiger partial charge in [-0.1, -0.05) is 91.0 Å². The second-order valence-electron chi connectivity index (χ2n) is 8.73. The molecule has 0 radical (unpaired) electrons. The van der Waals surface area contributed by atoms with Gasteiger partial charge in [0.1, 0.15) is 0 Å². The van der Waals surface area contributed by atoms with Crippen molar-refractivity contribution in [2.75, 3.05) is 0 Å². The summed E-state index contributed by atoms with van der Waals surface area (Å²) in [6, 6.07) is 41.6. The molecule has 6 aromatic rings. The molecule has 0 aliphatic heterocycles. The number of fused-ring (bicyclic) bond motifs is 3. The minimum atomic E-state index is 1.18. The Labute approximate surface area is 194 Å². The third-order valence-corrected chi connectivity index (χ3v) is 6.69.